The number of fused-ring (bicyclic) bond motifs is 6. The second-order valence-electron chi connectivity index (χ2n) is 12.0. The molecule has 4 atom stereocenters. The number of pyridine rings is 1. The Balaban J connectivity index is 1.26. The van der Waals surface area contributed by atoms with Crippen LogP contribution in [0.4, 0.5) is 0 Å². The van der Waals surface area contributed by atoms with Gasteiger partial charge in [0.05, 0.1) is 13.2 Å². The number of nitrogens with zero attached hydrogens (tertiary/aromatic N) is 1. The number of rotatable bonds is 6. The lowest BCUT2D eigenvalue weighted by Gasteiger charge is -2.52. The van der Waals surface area contributed by atoms with Crippen molar-refractivity contribution in [1.29, 1.82) is 0 Å². The van der Waals surface area contributed by atoms with Gasteiger partial charge < -0.3 is 9.47 Å². The van der Waals surface area contributed by atoms with Crippen LogP contribution >= 0.6 is 0 Å². The summed E-state index contributed by atoms with van der Waals surface area (Å²) in [6.07, 6.45) is 18.4. The molecule has 3 fully saturated rings. The van der Waals surface area contributed by atoms with Crippen molar-refractivity contribution < 1.29 is 9.47 Å². The Bertz CT molecular complexity index is 1130. The summed E-state index contributed by atoms with van der Waals surface area (Å²) >= 11 is 0. The topological polar surface area (TPSA) is 31.4 Å². The van der Waals surface area contributed by atoms with E-state index in [-0.39, 0.29) is 11.2 Å². The number of hydrogen-bond acceptors (Lipinski definition) is 3. The summed E-state index contributed by atoms with van der Waals surface area (Å²) in [4.78, 5) is 4.66. The Morgan fingerprint density at radius 3 is 2.67 bits per heavy atom. The predicted octanol–water partition coefficient (Wildman–Crippen LogP) is 8.33. The van der Waals surface area contributed by atoms with E-state index in [0.29, 0.717) is 5.92 Å². The molecular weight excluding hydrogens is 442 g/mol. The number of allylic oxidation sites excluding steroid dienone is 2. The van der Waals surface area contributed by atoms with Crippen LogP contribution in [0.2, 0.25) is 0 Å². The van der Waals surface area contributed by atoms with Gasteiger partial charge in [0.2, 0.25) is 0 Å². The summed E-state index contributed by atoms with van der Waals surface area (Å²) in [5.41, 5.74) is 8.67. The van der Waals surface area contributed by atoms with E-state index >= 15 is 0 Å². The fourth-order valence-corrected chi connectivity index (χ4v) is 8.37. The Kier molecular flexibility index (Phi) is 6.58. The predicted molar refractivity (Wildman–Crippen MR) is 147 cm³/mol. The maximum Gasteiger partial charge on any atom is 0.174 e. The Morgan fingerprint density at radius 1 is 1.00 bits per heavy atom. The van der Waals surface area contributed by atoms with Crippen molar-refractivity contribution in [3.63, 3.8) is 0 Å². The average Bonchev–Trinajstić information content (AvgIpc) is 3.51. The second kappa shape index (κ2) is 9.72. The Hall–Kier alpha value is -1.97. The third kappa shape index (κ3) is 3.89. The van der Waals surface area contributed by atoms with Crippen molar-refractivity contribution in [2.45, 2.75) is 96.7 Å². The molecule has 1 saturated heterocycles. The average molecular weight is 486 g/mol. The highest BCUT2D eigenvalue weighted by Crippen LogP contribution is 2.66. The molecule has 3 aliphatic carbocycles. The largest absolute Gasteiger partial charge is 0.347 e. The highest BCUT2D eigenvalue weighted by molar-refractivity contribution is 5.72. The number of hydrogen-bond donors (Lipinski definition) is 0. The van der Waals surface area contributed by atoms with E-state index < -0.39 is 0 Å². The molecule has 36 heavy (non-hydrogen) atoms. The van der Waals surface area contributed by atoms with Gasteiger partial charge in [-0.15, -0.1) is 0 Å². The number of benzene rings is 1. The zero-order valence-electron chi connectivity index (χ0n) is 22.5. The molecule has 0 radical (unpaired) electrons. The molecule has 6 rings (SSSR count). The molecule has 3 heteroatoms. The first-order chi connectivity index (χ1) is 17.6. The number of aryl methyl sites for hydroxylation is 1. The lowest BCUT2D eigenvalue weighted by atomic mass is 9.54. The minimum absolute atomic E-state index is 0.176. The van der Waals surface area contributed by atoms with Crippen molar-refractivity contribution in [2.75, 3.05) is 13.2 Å². The van der Waals surface area contributed by atoms with Crippen molar-refractivity contribution in [3.05, 3.63) is 59.4 Å². The fraction of sp³-hybridized carbons (Fsp3) is 0.606. The number of unbranched alkanes of at least 4 members (excludes halogenated alkanes) is 1. The van der Waals surface area contributed by atoms with Crippen molar-refractivity contribution in [1.82, 2.24) is 4.98 Å². The van der Waals surface area contributed by atoms with Crippen LogP contribution in [0.1, 0.15) is 101 Å². The normalized spacial score (nSPS) is 30.8. The summed E-state index contributed by atoms with van der Waals surface area (Å²) < 4.78 is 12.6. The molecule has 1 aromatic carbocycles. The van der Waals surface area contributed by atoms with Crippen LogP contribution in [0.25, 0.3) is 16.7 Å². The summed E-state index contributed by atoms with van der Waals surface area (Å²) in [5.74, 6) is 1.87. The third-order valence-electron chi connectivity index (χ3n) is 10.2. The molecule has 192 valence electrons. The van der Waals surface area contributed by atoms with Gasteiger partial charge in [0.25, 0.3) is 0 Å². The van der Waals surface area contributed by atoms with E-state index in [1.807, 2.05) is 6.20 Å². The first kappa shape index (κ1) is 24.4. The van der Waals surface area contributed by atoms with Crippen LogP contribution in [-0.2, 0) is 15.9 Å². The molecule has 0 amide bonds. The lowest BCUT2D eigenvalue weighted by molar-refractivity contribution is -0.237. The van der Waals surface area contributed by atoms with Gasteiger partial charge in [-0.1, -0.05) is 57.9 Å². The van der Waals surface area contributed by atoms with Crippen LogP contribution in [0.15, 0.2) is 42.7 Å². The zero-order valence-corrected chi connectivity index (χ0v) is 22.5. The van der Waals surface area contributed by atoms with Crippen molar-refractivity contribution in [3.8, 4) is 11.1 Å². The van der Waals surface area contributed by atoms with Crippen LogP contribution in [0.5, 0.6) is 0 Å². The van der Waals surface area contributed by atoms with Crippen LogP contribution in [-0.4, -0.2) is 24.0 Å². The van der Waals surface area contributed by atoms with E-state index in [4.69, 9.17) is 9.47 Å². The minimum Gasteiger partial charge on any atom is -0.347 e. The molecule has 2 aromatic rings. The first-order valence-electron chi connectivity index (χ1n) is 14.6. The highest BCUT2D eigenvalue weighted by atomic mass is 16.7. The van der Waals surface area contributed by atoms with Crippen molar-refractivity contribution >= 4 is 5.57 Å². The Morgan fingerprint density at radius 2 is 1.86 bits per heavy atom. The summed E-state index contributed by atoms with van der Waals surface area (Å²) in [6.45, 7) is 8.53. The second-order valence-corrected chi connectivity index (χ2v) is 12.0. The molecular formula is C33H43NO2. The van der Waals surface area contributed by atoms with E-state index in [9.17, 15) is 0 Å². The lowest BCUT2D eigenvalue weighted by Crippen LogP contribution is -2.51. The van der Waals surface area contributed by atoms with Gasteiger partial charge in [0.1, 0.15) is 0 Å². The highest BCUT2D eigenvalue weighted by Gasteiger charge is 2.64. The van der Waals surface area contributed by atoms with Crippen LogP contribution in [0.3, 0.4) is 0 Å². The van der Waals surface area contributed by atoms with Gasteiger partial charge in [-0.3, -0.25) is 4.98 Å². The van der Waals surface area contributed by atoms with Gasteiger partial charge in [0, 0.05) is 29.8 Å². The number of ether oxygens (including phenoxy) is 2. The zero-order chi connectivity index (χ0) is 24.8. The van der Waals surface area contributed by atoms with E-state index in [2.05, 4.69) is 62.3 Å². The minimum atomic E-state index is -0.299. The maximum atomic E-state index is 6.32. The van der Waals surface area contributed by atoms with Crippen LogP contribution in [0, 0.1) is 17.3 Å². The molecule has 1 aromatic heterocycles. The fourth-order valence-electron chi connectivity index (χ4n) is 8.37. The first-order valence-corrected chi connectivity index (χ1v) is 14.6. The van der Waals surface area contributed by atoms with Gasteiger partial charge in [-0.05, 0) is 96.6 Å². The van der Waals surface area contributed by atoms with E-state index in [1.165, 1.54) is 67.2 Å². The summed E-state index contributed by atoms with van der Waals surface area (Å²) in [7, 11) is 0. The smallest absolute Gasteiger partial charge is 0.174 e. The van der Waals surface area contributed by atoms with E-state index in [1.54, 1.807) is 11.1 Å². The van der Waals surface area contributed by atoms with Crippen molar-refractivity contribution in [2.24, 2.45) is 17.3 Å². The summed E-state index contributed by atoms with van der Waals surface area (Å²) in [5, 5.41) is 0. The monoisotopic (exact) mass is 485 g/mol. The molecule has 4 aliphatic rings. The SMILES string of the molecule is CCC/C=C(\CCC)c1cncc(-c2ccc3c(c2)CC[C@@H]2[C@@H]3CC[C@@]3(C)[C@H]2CCC32OCCO2)c1. The molecule has 2 heterocycles. The standard InChI is InChI=1S/C33H43NO2/c1-4-6-8-23(7-5-2)26-20-27(22-34-21-26)24-9-11-28-25(19-24)10-12-30-29(28)13-15-32(3)31(30)14-16-33(32)35-17-18-36-33/h8-9,11,19-22,29-31H,4-7,10,12-18H2,1-3H3/b23-8+/t29-,30-,31+,32+/m1/s1. The molecule has 3 nitrogen and oxygen atoms in total. The third-order valence-corrected chi connectivity index (χ3v) is 10.2. The van der Waals surface area contributed by atoms with Gasteiger partial charge in [-0.2, -0.15) is 0 Å². The Labute approximate surface area is 217 Å². The quantitative estimate of drug-likeness (QED) is 0.412. The van der Waals surface area contributed by atoms with Gasteiger partial charge >= 0.3 is 0 Å². The molecule has 1 aliphatic heterocycles. The van der Waals surface area contributed by atoms with E-state index in [0.717, 1.165) is 44.3 Å². The molecule has 0 bridgehead atoms. The molecule has 2 saturated carbocycles. The molecule has 1 spiro atoms. The van der Waals surface area contributed by atoms with Gasteiger partial charge in [-0.25, -0.2) is 0 Å². The van der Waals surface area contributed by atoms with Gasteiger partial charge in [0.15, 0.2) is 5.79 Å². The maximum absolute atomic E-state index is 6.32. The molecule has 0 unspecified atom stereocenters. The number of aromatic nitrogens is 1. The van der Waals surface area contributed by atoms with Crippen LogP contribution < -0.4 is 0 Å². The summed E-state index contributed by atoms with van der Waals surface area (Å²) in [6, 6.07) is 9.67. The molecule has 0 N–H and O–H groups in total.